The molecule has 1 aliphatic heterocycles. The number of aryl methyl sites for hydroxylation is 2. The number of piperazine rings is 1. The molecule has 0 unspecified atom stereocenters. The van der Waals surface area contributed by atoms with Crippen LogP contribution >= 0.6 is 0 Å². The number of benzene rings is 1. The van der Waals surface area contributed by atoms with Gasteiger partial charge in [-0.1, -0.05) is 17.3 Å². The summed E-state index contributed by atoms with van der Waals surface area (Å²) in [6, 6.07) is 8.11. The highest BCUT2D eigenvalue weighted by Gasteiger charge is 2.30. The Morgan fingerprint density at radius 1 is 1.17 bits per heavy atom. The second kappa shape index (κ2) is 7.64. The van der Waals surface area contributed by atoms with E-state index >= 15 is 0 Å². The number of hydrogen-bond acceptors (Lipinski definition) is 8. The molecule has 0 N–H and O–H groups in total. The smallest absolute Gasteiger partial charge is 0.298 e. The van der Waals surface area contributed by atoms with Crippen LogP contribution in [0.1, 0.15) is 17.0 Å². The summed E-state index contributed by atoms with van der Waals surface area (Å²) in [6.45, 7) is 5.11. The van der Waals surface area contributed by atoms with Crippen molar-refractivity contribution >= 4 is 20.9 Å². The highest BCUT2D eigenvalue weighted by atomic mass is 32.2. The molecule has 1 fully saturated rings. The Morgan fingerprint density at radius 3 is 2.57 bits per heavy atom. The topological polar surface area (TPSA) is 125 Å². The van der Waals surface area contributed by atoms with E-state index in [1.165, 1.54) is 21.1 Å². The van der Waals surface area contributed by atoms with E-state index in [4.69, 9.17) is 4.52 Å². The molecule has 3 aromatic rings. The highest BCUT2D eigenvalue weighted by Crippen LogP contribution is 2.21. The number of hydrogen-bond donors (Lipinski definition) is 0. The van der Waals surface area contributed by atoms with Crippen molar-refractivity contribution in [1.29, 1.82) is 5.26 Å². The number of fused-ring (bicyclic) bond motifs is 1. The van der Waals surface area contributed by atoms with Crippen molar-refractivity contribution < 1.29 is 12.9 Å². The van der Waals surface area contributed by atoms with E-state index in [0.29, 0.717) is 29.9 Å². The molecule has 156 valence electrons. The van der Waals surface area contributed by atoms with Gasteiger partial charge < -0.3 is 4.52 Å². The Hall–Kier alpha value is -3.07. The molecule has 0 bridgehead atoms. The third kappa shape index (κ3) is 3.39. The fourth-order valence-electron chi connectivity index (χ4n) is 3.66. The van der Waals surface area contributed by atoms with Gasteiger partial charge in [-0.05, 0) is 26.0 Å². The van der Waals surface area contributed by atoms with Crippen LogP contribution in [-0.2, 0) is 16.7 Å². The van der Waals surface area contributed by atoms with Gasteiger partial charge in [0.05, 0.1) is 28.2 Å². The normalized spacial score (nSPS) is 16.0. The number of rotatable bonds is 4. The van der Waals surface area contributed by atoms with E-state index in [0.717, 1.165) is 0 Å². The van der Waals surface area contributed by atoms with Crippen LogP contribution in [0.2, 0.25) is 0 Å². The van der Waals surface area contributed by atoms with E-state index in [-0.39, 0.29) is 41.3 Å². The predicted octanol–water partition coefficient (Wildman–Crippen LogP) is 0.837. The van der Waals surface area contributed by atoms with Gasteiger partial charge in [-0.25, -0.2) is 13.1 Å². The predicted molar refractivity (Wildman–Crippen MR) is 107 cm³/mol. The Morgan fingerprint density at radius 2 is 1.87 bits per heavy atom. The number of sulfonamides is 1. The SMILES string of the molecule is Cc1nn(CN2CCN(S(=O)(=O)c3ccccc3C#N)CC2)c(=O)c2noc(C)c12. The maximum Gasteiger partial charge on any atom is 0.298 e. The van der Waals surface area contributed by atoms with E-state index < -0.39 is 10.0 Å². The van der Waals surface area contributed by atoms with Crippen molar-refractivity contribution in [3.63, 3.8) is 0 Å². The summed E-state index contributed by atoms with van der Waals surface area (Å²) in [5.41, 5.74) is 0.680. The van der Waals surface area contributed by atoms with Gasteiger partial charge in [0.25, 0.3) is 5.56 Å². The van der Waals surface area contributed by atoms with Crippen LogP contribution in [0.5, 0.6) is 0 Å². The lowest BCUT2D eigenvalue weighted by Crippen LogP contribution is -2.50. The number of aromatic nitrogens is 3. The van der Waals surface area contributed by atoms with Gasteiger partial charge in [-0.15, -0.1) is 0 Å². The molecule has 0 amide bonds. The molecule has 2 aromatic heterocycles. The first-order valence-electron chi connectivity index (χ1n) is 9.38. The van der Waals surface area contributed by atoms with Crippen LogP contribution in [0.3, 0.4) is 0 Å². The third-order valence-electron chi connectivity index (χ3n) is 5.22. The van der Waals surface area contributed by atoms with Crippen molar-refractivity contribution in [1.82, 2.24) is 24.1 Å². The fraction of sp³-hybridized carbons (Fsp3) is 0.368. The lowest BCUT2D eigenvalue weighted by Gasteiger charge is -2.33. The van der Waals surface area contributed by atoms with Crippen LogP contribution in [0.15, 0.2) is 38.5 Å². The van der Waals surface area contributed by atoms with Gasteiger partial charge in [0.2, 0.25) is 10.0 Å². The van der Waals surface area contributed by atoms with Gasteiger partial charge in [0, 0.05) is 26.2 Å². The summed E-state index contributed by atoms with van der Waals surface area (Å²) < 4.78 is 33.7. The maximum atomic E-state index is 12.9. The zero-order valence-corrected chi connectivity index (χ0v) is 17.4. The average molecular weight is 428 g/mol. The third-order valence-corrected chi connectivity index (χ3v) is 7.18. The quantitative estimate of drug-likeness (QED) is 0.598. The van der Waals surface area contributed by atoms with E-state index in [1.54, 1.807) is 26.0 Å². The summed E-state index contributed by atoms with van der Waals surface area (Å²) in [5, 5.41) is 18.1. The lowest BCUT2D eigenvalue weighted by molar-refractivity contribution is 0.143. The number of nitrogens with zero attached hydrogens (tertiary/aromatic N) is 6. The zero-order chi connectivity index (χ0) is 21.5. The molecule has 1 aromatic carbocycles. The standard InChI is InChI=1S/C19H20N6O4S/c1-13-17-14(2)29-22-18(17)19(26)25(21-13)12-23-7-9-24(10-8-23)30(27,28)16-6-4-3-5-15(16)11-20/h3-6H,7-10,12H2,1-2H3. The first-order valence-corrected chi connectivity index (χ1v) is 10.8. The summed E-state index contributed by atoms with van der Waals surface area (Å²) in [4.78, 5) is 14.6. The molecule has 1 saturated heterocycles. The molecular weight excluding hydrogens is 408 g/mol. The summed E-state index contributed by atoms with van der Waals surface area (Å²) in [6.07, 6.45) is 0. The number of nitriles is 1. The molecule has 10 nitrogen and oxygen atoms in total. The molecule has 0 atom stereocenters. The Kier molecular flexibility index (Phi) is 5.15. The molecule has 11 heteroatoms. The Bertz CT molecular complexity index is 1310. The van der Waals surface area contributed by atoms with Gasteiger partial charge in [-0.3, -0.25) is 9.69 Å². The van der Waals surface area contributed by atoms with Crippen molar-refractivity contribution in [3.8, 4) is 6.07 Å². The summed E-state index contributed by atoms with van der Waals surface area (Å²) in [7, 11) is -3.76. The summed E-state index contributed by atoms with van der Waals surface area (Å²) >= 11 is 0. The van der Waals surface area contributed by atoms with Crippen LogP contribution in [-0.4, -0.2) is 58.7 Å². The zero-order valence-electron chi connectivity index (χ0n) is 16.6. The molecule has 1 aliphatic rings. The molecular formula is C19H20N6O4S. The Balaban J connectivity index is 1.51. The van der Waals surface area contributed by atoms with E-state index in [9.17, 15) is 18.5 Å². The molecule has 4 rings (SSSR count). The minimum absolute atomic E-state index is 0.0151. The van der Waals surface area contributed by atoms with Gasteiger partial charge in [0.1, 0.15) is 11.8 Å². The second-order valence-corrected chi connectivity index (χ2v) is 9.03. The molecule has 30 heavy (non-hydrogen) atoms. The molecule has 0 saturated carbocycles. The monoisotopic (exact) mass is 428 g/mol. The fourth-order valence-corrected chi connectivity index (χ4v) is 5.23. The van der Waals surface area contributed by atoms with Crippen LogP contribution < -0.4 is 5.56 Å². The molecule has 0 spiro atoms. The molecule has 3 heterocycles. The first kappa shape index (κ1) is 20.2. The van der Waals surface area contributed by atoms with Gasteiger partial charge in [0.15, 0.2) is 5.52 Å². The Labute approximate surface area is 173 Å². The van der Waals surface area contributed by atoms with Crippen molar-refractivity contribution in [2.45, 2.75) is 25.4 Å². The van der Waals surface area contributed by atoms with Gasteiger partial charge >= 0.3 is 0 Å². The first-order chi connectivity index (χ1) is 14.3. The largest absolute Gasteiger partial charge is 0.360 e. The lowest BCUT2D eigenvalue weighted by atomic mass is 10.2. The minimum Gasteiger partial charge on any atom is -0.360 e. The van der Waals surface area contributed by atoms with Crippen molar-refractivity contribution in [2.75, 3.05) is 26.2 Å². The highest BCUT2D eigenvalue weighted by molar-refractivity contribution is 7.89. The average Bonchev–Trinajstić information content (AvgIpc) is 3.14. The maximum absolute atomic E-state index is 12.9. The van der Waals surface area contributed by atoms with E-state index in [2.05, 4.69) is 10.3 Å². The van der Waals surface area contributed by atoms with E-state index in [1.807, 2.05) is 11.0 Å². The molecule has 0 radical (unpaired) electrons. The second-order valence-electron chi connectivity index (χ2n) is 7.12. The summed E-state index contributed by atoms with van der Waals surface area (Å²) in [5.74, 6) is 0.552. The van der Waals surface area contributed by atoms with Crippen molar-refractivity contribution in [3.05, 3.63) is 51.6 Å². The minimum atomic E-state index is -3.76. The van der Waals surface area contributed by atoms with Crippen LogP contribution in [0, 0.1) is 25.2 Å². The van der Waals surface area contributed by atoms with Gasteiger partial charge in [-0.2, -0.15) is 14.7 Å². The van der Waals surface area contributed by atoms with Crippen LogP contribution in [0.25, 0.3) is 10.9 Å². The van der Waals surface area contributed by atoms with Crippen LogP contribution in [0.4, 0.5) is 0 Å². The van der Waals surface area contributed by atoms with Crippen molar-refractivity contribution in [2.24, 2.45) is 0 Å². The molecule has 0 aliphatic carbocycles.